The van der Waals surface area contributed by atoms with E-state index >= 15 is 0 Å². The van der Waals surface area contributed by atoms with Gasteiger partial charge in [0.25, 0.3) is 0 Å². The number of nitrogens with two attached hydrogens (primary N) is 1. The van der Waals surface area contributed by atoms with Gasteiger partial charge in [-0.1, -0.05) is 6.92 Å². The van der Waals surface area contributed by atoms with Gasteiger partial charge in [-0.15, -0.1) is 0 Å². The lowest BCUT2D eigenvalue weighted by Gasteiger charge is -2.12. The lowest BCUT2D eigenvalue weighted by Crippen LogP contribution is -2.35. The van der Waals surface area contributed by atoms with Crippen LogP contribution in [-0.2, 0) is 15.6 Å². The third-order valence-electron chi connectivity index (χ3n) is 1.93. The molecule has 0 aliphatic heterocycles. The highest BCUT2D eigenvalue weighted by Gasteiger charge is 2.09. The minimum absolute atomic E-state index is 0.111. The van der Waals surface area contributed by atoms with Gasteiger partial charge in [0.2, 0.25) is 5.91 Å². The van der Waals surface area contributed by atoms with E-state index in [1.807, 2.05) is 6.92 Å². The quantitative estimate of drug-likeness (QED) is 0.613. The minimum atomic E-state index is -0.814. The SMILES string of the molecule is CC(CNCC(C)S(C)=O)C(N)=O. The Kier molecular flexibility index (Phi) is 5.90. The predicted molar refractivity (Wildman–Crippen MR) is 54.8 cm³/mol. The van der Waals surface area contributed by atoms with E-state index in [-0.39, 0.29) is 17.1 Å². The van der Waals surface area contributed by atoms with Crippen LogP contribution in [0.3, 0.4) is 0 Å². The smallest absolute Gasteiger partial charge is 0.221 e. The normalized spacial score (nSPS) is 17.8. The molecule has 0 radical (unpaired) electrons. The molecule has 0 aromatic rings. The zero-order valence-corrected chi connectivity index (χ0v) is 9.19. The van der Waals surface area contributed by atoms with E-state index in [1.54, 1.807) is 13.2 Å². The van der Waals surface area contributed by atoms with Gasteiger partial charge >= 0.3 is 0 Å². The Hall–Kier alpha value is -0.420. The molecular weight excluding hydrogens is 188 g/mol. The van der Waals surface area contributed by atoms with Crippen molar-refractivity contribution in [2.24, 2.45) is 11.7 Å². The van der Waals surface area contributed by atoms with Crippen molar-refractivity contribution in [1.29, 1.82) is 0 Å². The van der Waals surface area contributed by atoms with E-state index in [1.165, 1.54) is 0 Å². The van der Waals surface area contributed by atoms with Crippen LogP contribution in [0.4, 0.5) is 0 Å². The minimum Gasteiger partial charge on any atom is -0.369 e. The molecule has 0 spiro atoms. The van der Waals surface area contributed by atoms with E-state index in [9.17, 15) is 9.00 Å². The number of hydrogen-bond donors (Lipinski definition) is 2. The molecule has 0 saturated carbocycles. The highest BCUT2D eigenvalue weighted by atomic mass is 32.2. The second-order valence-electron chi connectivity index (χ2n) is 3.27. The van der Waals surface area contributed by atoms with Crippen LogP contribution in [0, 0.1) is 5.92 Å². The second kappa shape index (κ2) is 6.10. The number of carbonyl (C=O) groups excluding carboxylic acids is 1. The summed E-state index contributed by atoms with van der Waals surface area (Å²) in [5.41, 5.74) is 5.07. The molecule has 0 bridgehead atoms. The van der Waals surface area contributed by atoms with E-state index in [0.717, 1.165) is 0 Å². The van der Waals surface area contributed by atoms with Crippen molar-refractivity contribution in [2.75, 3.05) is 19.3 Å². The van der Waals surface area contributed by atoms with Crippen LogP contribution in [0.15, 0.2) is 0 Å². The molecule has 3 unspecified atom stereocenters. The van der Waals surface area contributed by atoms with E-state index < -0.39 is 10.8 Å². The molecule has 0 aliphatic rings. The largest absolute Gasteiger partial charge is 0.369 e. The first-order valence-corrected chi connectivity index (χ1v) is 5.89. The summed E-state index contributed by atoms with van der Waals surface area (Å²) >= 11 is 0. The van der Waals surface area contributed by atoms with Crippen LogP contribution in [0.1, 0.15) is 13.8 Å². The number of rotatable bonds is 6. The predicted octanol–water partition coefficient (Wildman–Crippen LogP) is -0.536. The van der Waals surface area contributed by atoms with Crippen molar-refractivity contribution in [3.8, 4) is 0 Å². The van der Waals surface area contributed by atoms with Gasteiger partial charge in [-0.2, -0.15) is 0 Å². The lowest BCUT2D eigenvalue weighted by atomic mass is 10.2. The fraction of sp³-hybridized carbons (Fsp3) is 0.875. The van der Waals surface area contributed by atoms with E-state index in [2.05, 4.69) is 5.32 Å². The Morgan fingerprint density at radius 3 is 2.38 bits per heavy atom. The van der Waals surface area contributed by atoms with Crippen LogP contribution in [0.2, 0.25) is 0 Å². The first kappa shape index (κ1) is 12.6. The van der Waals surface area contributed by atoms with Gasteiger partial charge in [0.1, 0.15) is 0 Å². The summed E-state index contributed by atoms with van der Waals surface area (Å²) in [6.07, 6.45) is 1.67. The van der Waals surface area contributed by atoms with Gasteiger partial charge in [-0.05, 0) is 6.92 Å². The number of carbonyl (C=O) groups is 1. The zero-order valence-electron chi connectivity index (χ0n) is 8.37. The van der Waals surface area contributed by atoms with Crippen molar-refractivity contribution < 1.29 is 9.00 Å². The van der Waals surface area contributed by atoms with Crippen LogP contribution in [-0.4, -0.2) is 34.7 Å². The van der Waals surface area contributed by atoms with Crippen molar-refractivity contribution in [1.82, 2.24) is 5.32 Å². The van der Waals surface area contributed by atoms with Crippen molar-refractivity contribution >= 4 is 16.7 Å². The molecule has 0 saturated heterocycles. The van der Waals surface area contributed by atoms with Gasteiger partial charge in [-0.3, -0.25) is 9.00 Å². The summed E-state index contributed by atoms with van der Waals surface area (Å²) in [6.45, 7) is 4.87. The average Bonchev–Trinajstić information content (AvgIpc) is 2.03. The molecule has 1 amide bonds. The van der Waals surface area contributed by atoms with E-state index in [0.29, 0.717) is 13.1 Å². The number of nitrogens with one attached hydrogen (secondary N) is 1. The number of amides is 1. The molecule has 0 rings (SSSR count). The number of primary amides is 1. The summed E-state index contributed by atoms with van der Waals surface area (Å²) in [4.78, 5) is 10.6. The number of hydrogen-bond acceptors (Lipinski definition) is 3. The Bertz CT molecular complexity index is 177. The maximum Gasteiger partial charge on any atom is 0.221 e. The van der Waals surface area contributed by atoms with E-state index in [4.69, 9.17) is 5.73 Å². The van der Waals surface area contributed by atoms with Crippen molar-refractivity contribution in [3.63, 3.8) is 0 Å². The Balaban J connectivity index is 3.56. The highest BCUT2D eigenvalue weighted by Crippen LogP contribution is 1.92. The van der Waals surface area contributed by atoms with Crippen molar-refractivity contribution in [2.45, 2.75) is 19.1 Å². The molecule has 0 heterocycles. The molecule has 0 aromatic carbocycles. The first-order valence-electron chi connectivity index (χ1n) is 4.27. The summed E-state index contributed by atoms with van der Waals surface area (Å²) in [5.74, 6) is -0.477. The van der Waals surface area contributed by atoms with Crippen LogP contribution >= 0.6 is 0 Å². The van der Waals surface area contributed by atoms with Crippen LogP contribution < -0.4 is 11.1 Å². The molecule has 78 valence electrons. The van der Waals surface area contributed by atoms with Gasteiger partial charge < -0.3 is 11.1 Å². The molecule has 0 aliphatic carbocycles. The standard InChI is InChI=1S/C8H18N2O2S/c1-6(8(9)11)4-10-5-7(2)13(3)12/h6-7,10H,4-5H2,1-3H3,(H2,9,11). The third-order valence-corrected chi connectivity index (χ3v) is 3.23. The molecule has 5 heteroatoms. The first-order chi connectivity index (χ1) is 5.95. The molecule has 4 nitrogen and oxygen atoms in total. The van der Waals surface area contributed by atoms with Gasteiger partial charge in [0.05, 0.1) is 0 Å². The Morgan fingerprint density at radius 2 is 2.00 bits per heavy atom. The van der Waals surface area contributed by atoms with Gasteiger partial charge in [0.15, 0.2) is 0 Å². The lowest BCUT2D eigenvalue weighted by molar-refractivity contribution is -0.121. The fourth-order valence-corrected chi connectivity index (χ4v) is 1.07. The average molecular weight is 206 g/mol. The van der Waals surface area contributed by atoms with Crippen LogP contribution in [0.5, 0.6) is 0 Å². The summed E-state index contributed by atoms with van der Waals surface area (Å²) in [6, 6.07) is 0. The Morgan fingerprint density at radius 1 is 1.46 bits per heavy atom. The van der Waals surface area contributed by atoms with Crippen molar-refractivity contribution in [3.05, 3.63) is 0 Å². The second-order valence-corrected chi connectivity index (χ2v) is 5.07. The molecule has 13 heavy (non-hydrogen) atoms. The van der Waals surface area contributed by atoms with Gasteiger partial charge in [0, 0.05) is 41.3 Å². The summed E-state index contributed by atoms with van der Waals surface area (Å²) in [5, 5.41) is 3.16. The summed E-state index contributed by atoms with van der Waals surface area (Å²) < 4.78 is 10.9. The molecule has 3 atom stereocenters. The molecule has 0 fully saturated rings. The molecule has 0 aromatic heterocycles. The maximum absolute atomic E-state index is 10.9. The van der Waals surface area contributed by atoms with Crippen LogP contribution in [0.25, 0.3) is 0 Å². The highest BCUT2D eigenvalue weighted by molar-refractivity contribution is 7.84. The maximum atomic E-state index is 10.9. The van der Waals surface area contributed by atoms with Gasteiger partial charge in [-0.25, -0.2) is 0 Å². The molecular formula is C8H18N2O2S. The topological polar surface area (TPSA) is 72.2 Å². The Labute approximate surface area is 81.7 Å². The molecule has 3 N–H and O–H groups in total. The third kappa shape index (κ3) is 5.76. The fourth-order valence-electron chi connectivity index (χ4n) is 0.721. The monoisotopic (exact) mass is 206 g/mol. The summed E-state index contributed by atoms with van der Waals surface area (Å²) in [7, 11) is -0.814. The zero-order chi connectivity index (χ0) is 10.4.